The summed E-state index contributed by atoms with van der Waals surface area (Å²) in [7, 11) is 0. The van der Waals surface area contributed by atoms with Crippen molar-refractivity contribution in [2.24, 2.45) is 5.92 Å². The molecule has 20 heteroatoms. The second kappa shape index (κ2) is 16.5. The maximum Gasteiger partial charge on any atom is 0.187 e. The Hall–Kier alpha value is -0.800. The molecule has 20 atom stereocenters. The molecule has 20 nitrogen and oxygen atoms in total. The van der Waals surface area contributed by atoms with Gasteiger partial charge in [0, 0.05) is 0 Å². The van der Waals surface area contributed by atoms with Gasteiger partial charge in [0.05, 0.1) is 32.5 Å². The Morgan fingerprint density at radius 2 is 0.851 bits per heavy atom. The molecule has 4 aliphatic rings. The largest absolute Gasteiger partial charge is 0.394 e. The summed E-state index contributed by atoms with van der Waals surface area (Å²) in [5.41, 5.74) is 0. The number of hydrogen-bond acceptors (Lipinski definition) is 20. The molecule has 13 N–H and O–H groups in total. The van der Waals surface area contributed by atoms with Crippen LogP contribution in [0.25, 0.3) is 0 Å². The summed E-state index contributed by atoms with van der Waals surface area (Å²) in [4.78, 5) is 0. The summed E-state index contributed by atoms with van der Waals surface area (Å²) < 4.78 is 38.9. The number of hydrogen-bond donors (Lipinski definition) is 13. The highest BCUT2D eigenvalue weighted by atomic mass is 16.8. The maximum atomic E-state index is 10.8. The summed E-state index contributed by atoms with van der Waals surface area (Å²) >= 11 is 0. The first-order valence-corrected chi connectivity index (χ1v) is 15.3. The van der Waals surface area contributed by atoms with Gasteiger partial charge in [0.25, 0.3) is 0 Å². The molecule has 4 aliphatic heterocycles. The lowest BCUT2D eigenvalue weighted by molar-refractivity contribution is -0.373. The first-order chi connectivity index (χ1) is 22.1. The van der Waals surface area contributed by atoms with Crippen LogP contribution < -0.4 is 0 Å². The fourth-order valence-corrected chi connectivity index (χ4v) is 5.91. The minimum absolute atomic E-state index is 0.259. The molecule has 4 heterocycles. The maximum absolute atomic E-state index is 10.8. The minimum Gasteiger partial charge on any atom is -0.394 e. The van der Waals surface area contributed by atoms with Crippen molar-refractivity contribution in [1.29, 1.82) is 0 Å². The van der Waals surface area contributed by atoms with Gasteiger partial charge in [-0.25, -0.2) is 0 Å². The molecule has 0 aromatic rings. The van der Waals surface area contributed by atoms with E-state index >= 15 is 0 Å². The van der Waals surface area contributed by atoms with Crippen LogP contribution in [0.1, 0.15) is 13.8 Å². The van der Waals surface area contributed by atoms with E-state index in [4.69, 9.17) is 33.2 Å². The van der Waals surface area contributed by atoms with Crippen molar-refractivity contribution in [2.75, 3.05) is 26.4 Å². The summed E-state index contributed by atoms with van der Waals surface area (Å²) in [6.07, 6.45) is -32.3. The fraction of sp³-hybridized carbons (Fsp3) is 1.00. The molecule has 4 rings (SSSR count). The topological polar surface area (TPSA) is 328 Å². The predicted molar refractivity (Wildman–Crippen MR) is 147 cm³/mol. The highest BCUT2D eigenvalue weighted by Crippen LogP contribution is 2.32. The van der Waals surface area contributed by atoms with Gasteiger partial charge in [0.1, 0.15) is 97.7 Å². The average molecular weight is 693 g/mol. The van der Waals surface area contributed by atoms with Gasteiger partial charge >= 0.3 is 0 Å². The zero-order valence-electron chi connectivity index (χ0n) is 25.6. The fourth-order valence-electron chi connectivity index (χ4n) is 5.91. The number of rotatable bonds is 11. The van der Waals surface area contributed by atoms with E-state index in [1.165, 1.54) is 0 Å². The highest BCUT2D eigenvalue weighted by molar-refractivity contribution is 4.96. The normalized spacial score (nSPS) is 51.3. The van der Waals surface area contributed by atoms with E-state index < -0.39 is 149 Å². The van der Waals surface area contributed by atoms with Crippen molar-refractivity contribution in [3.05, 3.63) is 0 Å². The number of aliphatic hydroxyl groups is 13. The van der Waals surface area contributed by atoms with Crippen LogP contribution in [-0.2, 0) is 33.2 Å². The zero-order chi connectivity index (χ0) is 34.9. The van der Waals surface area contributed by atoms with E-state index in [0.717, 1.165) is 0 Å². The molecule has 0 spiro atoms. The molecule has 0 aromatic carbocycles. The zero-order valence-corrected chi connectivity index (χ0v) is 25.6. The molecule has 0 saturated carbocycles. The molecule has 0 bridgehead atoms. The molecular weight excluding hydrogens is 644 g/mol. The van der Waals surface area contributed by atoms with E-state index in [9.17, 15) is 66.4 Å². The van der Waals surface area contributed by atoms with Gasteiger partial charge in [-0.2, -0.15) is 0 Å². The Labute approximate surface area is 268 Å². The molecular formula is C27H48O20. The Morgan fingerprint density at radius 3 is 1.38 bits per heavy atom. The van der Waals surface area contributed by atoms with E-state index in [2.05, 4.69) is 0 Å². The van der Waals surface area contributed by atoms with Gasteiger partial charge in [-0.05, 0) is 5.92 Å². The van der Waals surface area contributed by atoms with E-state index in [1.54, 1.807) is 13.8 Å². The monoisotopic (exact) mass is 692 g/mol. The van der Waals surface area contributed by atoms with E-state index in [1.807, 2.05) is 0 Å². The third-order valence-electron chi connectivity index (χ3n) is 8.89. The Balaban J connectivity index is 1.43. The Morgan fingerprint density at radius 1 is 0.447 bits per heavy atom. The lowest BCUT2D eigenvalue weighted by atomic mass is 9.89. The van der Waals surface area contributed by atoms with Gasteiger partial charge in [-0.15, -0.1) is 0 Å². The van der Waals surface area contributed by atoms with Crippen LogP contribution in [0.15, 0.2) is 0 Å². The van der Waals surface area contributed by atoms with Crippen molar-refractivity contribution in [3.8, 4) is 0 Å². The minimum atomic E-state index is -1.90. The molecule has 8 unspecified atom stereocenters. The third-order valence-corrected chi connectivity index (χ3v) is 8.89. The van der Waals surface area contributed by atoms with Crippen LogP contribution in [0.5, 0.6) is 0 Å². The van der Waals surface area contributed by atoms with Crippen molar-refractivity contribution in [2.45, 2.75) is 136 Å². The van der Waals surface area contributed by atoms with Crippen molar-refractivity contribution < 1.29 is 99.5 Å². The van der Waals surface area contributed by atoms with E-state index in [0.29, 0.717) is 0 Å². The van der Waals surface area contributed by atoms with Gasteiger partial charge < -0.3 is 99.5 Å². The van der Waals surface area contributed by atoms with Gasteiger partial charge in [0.15, 0.2) is 18.9 Å². The standard InChI is InChI=1S/C27H48O20/c1-7(2)23-20(38)16(34)14(32)10(43-23)5-41-25-21(39)18(36)15(33)11(46-25)6-42-27-24(19(37)13(31)9(4-29)45-27)47-26-22(40)17(35)12(30)8(3-28)44-26/h7-40H,3-6H2,1-2H3/t8?,9?,10?,11?,12-,13-,14-,15-,16-,17-,18-,19-,20?,21?,22?,23-,24?,25+,26-,27+/m0/s1. The summed E-state index contributed by atoms with van der Waals surface area (Å²) in [5.74, 6) is -0.259. The molecule has 0 amide bonds. The van der Waals surface area contributed by atoms with Crippen LogP contribution >= 0.6 is 0 Å². The smallest absolute Gasteiger partial charge is 0.187 e. The quantitative estimate of drug-likeness (QED) is 0.0956. The Bertz CT molecular complexity index is 961. The second-order valence-electron chi connectivity index (χ2n) is 12.5. The van der Waals surface area contributed by atoms with Crippen molar-refractivity contribution in [1.82, 2.24) is 0 Å². The molecule has 0 aliphatic carbocycles. The molecule has 47 heavy (non-hydrogen) atoms. The molecule has 4 saturated heterocycles. The van der Waals surface area contributed by atoms with Gasteiger partial charge in [-0.3, -0.25) is 0 Å². The van der Waals surface area contributed by atoms with E-state index in [-0.39, 0.29) is 5.92 Å². The number of aliphatic hydroxyl groups excluding tert-OH is 13. The molecule has 4 fully saturated rings. The van der Waals surface area contributed by atoms with Gasteiger partial charge in [0.2, 0.25) is 0 Å². The van der Waals surface area contributed by atoms with Gasteiger partial charge in [-0.1, -0.05) is 13.8 Å². The first-order valence-electron chi connectivity index (χ1n) is 15.3. The average Bonchev–Trinajstić information content (AvgIpc) is 3.05. The van der Waals surface area contributed by atoms with Crippen LogP contribution in [-0.4, -0.2) is 215 Å². The number of ether oxygens (including phenoxy) is 7. The van der Waals surface area contributed by atoms with Crippen LogP contribution in [0, 0.1) is 5.92 Å². The predicted octanol–water partition coefficient (Wildman–Crippen LogP) is -8.04. The SMILES string of the molecule is CC(C)[C@@H]1OC(CO[C@@H]2OC(CO[C@@H]3OC(CO)[C@H](O)[C@H](O)C3O[C@@H]3OC(CO)[C@H](O)[C@H](O)C3O)[C@H](O)[C@H](O)C2O)[C@H](O)[C@H](O)C1O. The van der Waals surface area contributed by atoms with Crippen LogP contribution in [0.4, 0.5) is 0 Å². The van der Waals surface area contributed by atoms with Crippen LogP contribution in [0.2, 0.25) is 0 Å². The first kappa shape index (κ1) is 39.0. The lowest BCUT2D eigenvalue weighted by Gasteiger charge is -2.46. The lowest BCUT2D eigenvalue weighted by Crippen LogP contribution is -2.65. The molecule has 0 aromatic heterocycles. The van der Waals surface area contributed by atoms with Crippen LogP contribution in [0.3, 0.4) is 0 Å². The van der Waals surface area contributed by atoms with Crippen molar-refractivity contribution >= 4 is 0 Å². The molecule has 276 valence electrons. The second-order valence-corrected chi connectivity index (χ2v) is 12.5. The third kappa shape index (κ3) is 8.24. The molecule has 0 radical (unpaired) electrons. The highest BCUT2D eigenvalue weighted by Gasteiger charge is 2.52. The summed E-state index contributed by atoms with van der Waals surface area (Å²) in [6, 6.07) is 0. The summed E-state index contributed by atoms with van der Waals surface area (Å²) in [5, 5.41) is 133. The Kier molecular flexibility index (Phi) is 13.7. The summed E-state index contributed by atoms with van der Waals surface area (Å²) in [6.45, 7) is 0.704. The van der Waals surface area contributed by atoms with Crippen molar-refractivity contribution in [3.63, 3.8) is 0 Å².